The first-order chi connectivity index (χ1) is 14.6. The van der Waals surface area contributed by atoms with E-state index in [0.717, 1.165) is 26.8 Å². The molecule has 0 saturated carbocycles. The Hall–Kier alpha value is -3.15. The molecule has 6 heteroatoms. The SMILES string of the molecule is Cc1cc([C@H](Nc2ccccn2)c2ccccc2Cl)c(NC(=O)c2ccccc2)s1. The van der Waals surface area contributed by atoms with Gasteiger partial charge in [0, 0.05) is 27.2 Å². The summed E-state index contributed by atoms with van der Waals surface area (Å²) in [4.78, 5) is 18.3. The monoisotopic (exact) mass is 433 g/mol. The van der Waals surface area contributed by atoms with Crippen LogP contribution in [0, 0.1) is 6.92 Å². The molecule has 4 rings (SSSR count). The lowest BCUT2D eigenvalue weighted by atomic mass is 9.99. The molecule has 0 aliphatic carbocycles. The van der Waals surface area contributed by atoms with Crippen molar-refractivity contribution >= 4 is 39.7 Å². The van der Waals surface area contributed by atoms with Crippen molar-refractivity contribution in [2.75, 3.05) is 10.6 Å². The van der Waals surface area contributed by atoms with Crippen LogP contribution in [0.5, 0.6) is 0 Å². The summed E-state index contributed by atoms with van der Waals surface area (Å²) in [6, 6.07) is 24.4. The number of amides is 1. The number of anilines is 2. The zero-order chi connectivity index (χ0) is 20.9. The van der Waals surface area contributed by atoms with E-state index in [0.29, 0.717) is 10.6 Å². The minimum absolute atomic E-state index is 0.144. The third kappa shape index (κ3) is 4.53. The van der Waals surface area contributed by atoms with Gasteiger partial charge in [0.2, 0.25) is 0 Å². The van der Waals surface area contributed by atoms with Gasteiger partial charge in [-0.25, -0.2) is 4.98 Å². The van der Waals surface area contributed by atoms with Gasteiger partial charge in [-0.2, -0.15) is 0 Å². The van der Waals surface area contributed by atoms with Gasteiger partial charge in [-0.05, 0) is 48.9 Å². The highest BCUT2D eigenvalue weighted by atomic mass is 35.5. The second kappa shape index (κ2) is 9.11. The molecule has 0 spiro atoms. The van der Waals surface area contributed by atoms with Crippen LogP contribution < -0.4 is 10.6 Å². The number of aromatic nitrogens is 1. The summed E-state index contributed by atoms with van der Waals surface area (Å²) >= 11 is 8.09. The van der Waals surface area contributed by atoms with Gasteiger partial charge in [0.1, 0.15) is 10.8 Å². The molecular weight excluding hydrogens is 414 g/mol. The lowest BCUT2D eigenvalue weighted by molar-refractivity contribution is 0.102. The van der Waals surface area contributed by atoms with E-state index in [1.165, 1.54) is 0 Å². The number of carbonyl (C=O) groups is 1. The largest absolute Gasteiger partial charge is 0.359 e. The normalized spacial score (nSPS) is 11.7. The number of aryl methyl sites for hydroxylation is 1. The van der Waals surface area contributed by atoms with Gasteiger partial charge in [-0.1, -0.05) is 54.1 Å². The number of thiophene rings is 1. The van der Waals surface area contributed by atoms with Crippen molar-refractivity contribution in [2.45, 2.75) is 13.0 Å². The van der Waals surface area contributed by atoms with Crippen molar-refractivity contribution < 1.29 is 4.79 Å². The van der Waals surface area contributed by atoms with Crippen LogP contribution in [0.4, 0.5) is 10.8 Å². The van der Waals surface area contributed by atoms with E-state index in [2.05, 4.69) is 21.7 Å². The van der Waals surface area contributed by atoms with E-state index in [9.17, 15) is 4.79 Å². The van der Waals surface area contributed by atoms with Crippen LogP contribution in [-0.4, -0.2) is 10.9 Å². The van der Waals surface area contributed by atoms with E-state index < -0.39 is 0 Å². The summed E-state index contributed by atoms with van der Waals surface area (Å²) < 4.78 is 0. The second-order valence-electron chi connectivity index (χ2n) is 6.78. The number of benzene rings is 2. The Morgan fingerprint density at radius 1 is 0.967 bits per heavy atom. The predicted octanol–water partition coefficient (Wildman–Crippen LogP) is 6.56. The molecule has 4 nitrogen and oxygen atoms in total. The molecule has 1 amide bonds. The van der Waals surface area contributed by atoms with Crippen LogP contribution in [0.3, 0.4) is 0 Å². The quantitative estimate of drug-likeness (QED) is 0.362. The summed E-state index contributed by atoms with van der Waals surface area (Å²) in [5, 5.41) is 7.99. The lowest BCUT2D eigenvalue weighted by Gasteiger charge is -2.22. The Labute approximate surface area is 184 Å². The first-order valence-electron chi connectivity index (χ1n) is 9.50. The van der Waals surface area contributed by atoms with Crippen molar-refractivity contribution in [1.29, 1.82) is 0 Å². The summed E-state index contributed by atoms with van der Waals surface area (Å²) in [7, 11) is 0. The molecule has 0 aliphatic heterocycles. The van der Waals surface area contributed by atoms with Crippen molar-refractivity contribution in [1.82, 2.24) is 4.98 Å². The minimum Gasteiger partial charge on any atom is -0.359 e. The molecule has 2 aromatic heterocycles. The molecule has 0 bridgehead atoms. The van der Waals surface area contributed by atoms with E-state index in [-0.39, 0.29) is 11.9 Å². The van der Waals surface area contributed by atoms with Crippen LogP contribution in [0.15, 0.2) is 85.1 Å². The summed E-state index contributed by atoms with van der Waals surface area (Å²) in [5.74, 6) is 0.584. The fraction of sp³-hybridized carbons (Fsp3) is 0.0833. The number of pyridine rings is 1. The number of nitrogens with zero attached hydrogens (tertiary/aromatic N) is 1. The summed E-state index contributed by atoms with van der Waals surface area (Å²) in [6.07, 6.45) is 1.74. The Kier molecular flexibility index (Phi) is 6.12. The zero-order valence-corrected chi connectivity index (χ0v) is 17.9. The van der Waals surface area contributed by atoms with Gasteiger partial charge in [0.15, 0.2) is 0 Å². The van der Waals surface area contributed by atoms with Crippen LogP contribution in [0.2, 0.25) is 5.02 Å². The van der Waals surface area contributed by atoms with E-state index in [4.69, 9.17) is 11.6 Å². The van der Waals surface area contributed by atoms with Gasteiger partial charge < -0.3 is 10.6 Å². The fourth-order valence-electron chi connectivity index (χ4n) is 3.24. The maximum atomic E-state index is 12.8. The molecule has 30 heavy (non-hydrogen) atoms. The standard InChI is InChI=1S/C24H20ClN3OS/c1-16-15-19(24(30-16)28-23(29)17-9-3-2-4-10-17)22(18-11-5-6-12-20(18)25)27-21-13-7-8-14-26-21/h2-15,22H,1H3,(H,26,27)(H,28,29)/t22-/m1/s1. The number of halogens is 1. The third-order valence-electron chi connectivity index (χ3n) is 4.63. The Morgan fingerprint density at radius 2 is 1.70 bits per heavy atom. The third-order valence-corrected chi connectivity index (χ3v) is 5.96. The number of rotatable bonds is 6. The molecule has 1 atom stereocenters. The van der Waals surface area contributed by atoms with E-state index in [1.54, 1.807) is 29.7 Å². The Morgan fingerprint density at radius 3 is 2.43 bits per heavy atom. The second-order valence-corrected chi connectivity index (χ2v) is 8.44. The highest BCUT2D eigenvalue weighted by Crippen LogP contribution is 2.39. The average molecular weight is 434 g/mol. The molecule has 2 heterocycles. The first-order valence-corrected chi connectivity index (χ1v) is 10.7. The summed E-state index contributed by atoms with van der Waals surface area (Å²) in [5.41, 5.74) is 2.47. The highest BCUT2D eigenvalue weighted by Gasteiger charge is 2.23. The minimum atomic E-state index is -0.273. The molecule has 0 unspecified atom stereocenters. The van der Waals surface area contributed by atoms with Gasteiger partial charge >= 0.3 is 0 Å². The highest BCUT2D eigenvalue weighted by molar-refractivity contribution is 7.16. The number of hydrogen-bond acceptors (Lipinski definition) is 4. The van der Waals surface area contributed by atoms with Gasteiger partial charge in [-0.3, -0.25) is 4.79 Å². The smallest absolute Gasteiger partial charge is 0.256 e. The molecule has 2 aromatic carbocycles. The fourth-order valence-corrected chi connectivity index (χ4v) is 4.43. The van der Waals surface area contributed by atoms with Crippen LogP contribution >= 0.6 is 22.9 Å². The van der Waals surface area contributed by atoms with Crippen molar-refractivity contribution in [3.63, 3.8) is 0 Å². The van der Waals surface area contributed by atoms with Gasteiger partial charge in [-0.15, -0.1) is 11.3 Å². The lowest BCUT2D eigenvalue weighted by Crippen LogP contribution is -2.17. The van der Waals surface area contributed by atoms with E-state index in [1.807, 2.05) is 67.6 Å². The number of carbonyl (C=O) groups excluding carboxylic acids is 1. The topological polar surface area (TPSA) is 54.0 Å². The van der Waals surface area contributed by atoms with Crippen molar-refractivity contribution in [3.8, 4) is 0 Å². The number of hydrogen-bond donors (Lipinski definition) is 2. The van der Waals surface area contributed by atoms with Crippen LogP contribution in [-0.2, 0) is 0 Å². The van der Waals surface area contributed by atoms with Crippen molar-refractivity contribution in [3.05, 3.63) is 112 Å². The molecule has 4 aromatic rings. The molecule has 0 aliphatic rings. The summed E-state index contributed by atoms with van der Waals surface area (Å²) in [6.45, 7) is 2.02. The molecular formula is C24H20ClN3OS. The van der Waals surface area contributed by atoms with Gasteiger partial charge in [0.25, 0.3) is 5.91 Å². The molecule has 2 N–H and O–H groups in total. The molecule has 0 radical (unpaired) electrons. The zero-order valence-electron chi connectivity index (χ0n) is 16.3. The van der Waals surface area contributed by atoms with Crippen LogP contribution in [0.25, 0.3) is 0 Å². The van der Waals surface area contributed by atoms with Crippen LogP contribution in [0.1, 0.15) is 32.4 Å². The molecule has 0 fully saturated rings. The van der Waals surface area contributed by atoms with Crippen molar-refractivity contribution in [2.24, 2.45) is 0 Å². The maximum absolute atomic E-state index is 12.8. The molecule has 150 valence electrons. The Balaban J connectivity index is 1.74. The number of nitrogens with one attached hydrogen (secondary N) is 2. The molecule has 0 saturated heterocycles. The first kappa shape index (κ1) is 20.1. The predicted molar refractivity (Wildman–Crippen MR) is 125 cm³/mol. The average Bonchev–Trinajstić information content (AvgIpc) is 3.13. The Bertz CT molecular complexity index is 1150. The maximum Gasteiger partial charge on any atom is 0.256 e. The van der Waals surface area contributed by atoms with E-state index >= 15 is 0 Å². The van der Waals surface area contributed by atoms with Gasteiger partial charge in [0.05, 0.1) is 6.04 Å².